The van der Waals surface area contributed by atoms with Gasteiger partial charge in [0.2, 0.25) is 0 Å². The van der Waals surface area contributed by atoms with E-state index in [9.17, 15) is 5.11 Å². The molecule has 4 rings (SSSR count). The third-order valence-corrected chi connectivity index (χ3v) is 5.34. The van der Waals surface area contributed by atoms with E-state index in [1.807, 2.05) is 48.5 Å². The molecule has 0 bridgehead atoms. The molecule has 162 valence electrons. The number of aliphatic hydroxyl groups is 1. The van der Waals surface area contributed by atoms with Crippen molar-refractivity contribution >= 4 is 0 Å². The second-order valence-electron chi connectivity index (χ2n) is 7.50. The summed E-state index contributed by atoms with van der Waals surface area (Å²) < 4.78 is 32.8. The van der Waals surface area contributed by atoms with Crippen molar-refractivity contribution in [3.8, 4) is 11.5 Å². The third-order valence-electron chi connectivity index (χ3n) is 5.34. The molecule has 2 aromatic rings. The van der Waals surface area contributed by atoms with Crippen molar-refractivity contribution in [2.45, 2.75) is 43.7 Å². The van der Waals surface area contributed by atoms with Crippen molar-refractivity contribution in [3.05, 3.63) is 59.7 Å². The van der Waals surface area contributed by atoms with Crippen molar-refractivity contribution in [1.29, 1.82) is 0 Å². The highest BCUT2D eigenvalue weighted by Crippen LogP contribution is 2.36. The Hall–Kier alpha value is -2.16. The summed E-state index contributed by atoms with van der Waals surface area (Å²) in [6.07, 6.45) is -1.32. The Morgan fingerprint density at radius 3 is 1.50 bits per heavy atom. The SMILES string of the molecule is COc1ccc(COC[C@H]2O[C@H]2C(O)[C@@H]2O[C@@H]2COCc2ccc(OC)cc2)cc1. The number of rotatable bonds is 12. The smallest absolute Gasteiger partial charge is 0.118 e. The van der Waals surface area contributed by atoms with E-state index in [1.54, 1.807) is 14.2 Å². The minimum absolute atomic E-state index is 0.0942. The summed E-state index contributed by atoms with van der Waals surface area (Å²) in [6.45, 7) is 1.88. The molecule has 2 saturated heterocycles. The molecule has 2 heterocycles. The molecule has 7 nitrogen and oxygen atoms in total. The minimum Gasteiger partial charge on any atom is -0.497 e. The molecule has 0 aromatic heterocycles. The van der Waals surface area contributed by atoms with Gasteiger partial charge in [0.1, 0.15) is 42.0 Å². The van der Waals surface area contributed by atoms with Crippen LogP contribution in [0.25, 0.3) is 0 Å². The van der Waals surface area contributed by atoms with Crippen LogP contribution in [0.2, 0.25) is 0 Å². The minimum atomic E-state index is -0.658. The molecule has 0 unspecified atom stereocenters. The van der Waals surface area contributed by atoms with Gasteiger partial charge >= 0.3 is 0 Å². The van der Waals surface area contributed by atoms with Gasteiger partial charge in [0.05, 0.1) is 40.6 Å². The zero-order valence-corrected chi connectivity index (χ0v) is 17.2. The second kappa shape index (κ2) is 9.76. The maximum Gasteiger partial charge on any atom is 0.118 e. The first-order valence-corrected chi connectivity index (χ1v) is 10.1. The quantitative estimate of drug-likeness (QED) is 0.532. The van der Waals surface area contributed by atoms with Crippen molar-refractivity contribution < 1.29 is 33.5 Å². The highest BCUT2D eigenvalue weighted by atomic mass is 16.7. The first-order chi connectivity index (χ1) is 14.7. The van der Waals surface area contributed by atoms with Gasteiger partial charge < -0.3 is 33.5 Å². The molecular weight excluding hydrogens is 388 g/mol. The molecule has 2 aliphatic rings. The fourth-order valence-electron chi connectivity index (χ4n) is 3.40. The topological polar surface area (TPSA) is 82.2 Å². The number of hydrogen-bond donors (Lipinski definition) is 1. The Labute approximate surface area is 176 Å². The zero-order chi connectivity index (χ0) is 20.9. The van der Waals surface area contributed by atoms with E-state index in [0.29, 0.717) is 26.4 Å². The Morgan fingerprint density at radius 1 is 0.733 bits per heavy atom. The number of ether oxygens (including phenoxy) is 6. The standard InChI is InChI=1S/C23H28O7/c1-25-17-7-3-15(4-8-17)11-27-13-19-22(29-19)21(24)23-20(30-23)14-28-12-16-5-9-18(26-2)10-6-16/h3-10,19-24H,11-14H2,1-2H3/t19-,20-,22-,23-/m1/s1. The first-order valence-electron chi connectivity index (χ1n) is 10.1. The van der Waals surface area contributed by atoms with Gasteiger partial charge in [-0.25, -0.2) is 0 Å². The van der Waals surface area contributed by atoms with E-state index < -0.39 is 6.10 Å². The molecule has 0 radical (unpaired) electrons. The van der Waals surface area contributed by atoms with Crippen LogP contribution in [0.1, 0.15) is 11.1 Å². The molecule has 2 aliphatic heterocycles. The normalized spacial score (nSPS) is 24.7. The van der Waals surface area contributed by atoms with Crippen LogP contribution in [0.15, 0.2) is 48.5 Å². The second-order valence-corrected chi connectivity index (χ2v) is 7.50. The number of aliphatic hydroxyl groups excluding tert-OH is 1. The predicted molar refractivity (Wildman–Crippen MR) is 109 cm³/mol. The monoisotopic (exact) mass is 416 g/mol. The van der Waals surface area contributed by atoms with E-state index >= 15 is 0 Å². The molecule has 0 saturated carbocycles. The summed E-state index contributed by atoms with van der Waals surface area (Å²) >= 11 is 0. The molecule has 1 N–H and O–H groups in total. The van der Waals surface area contributed by atoms with Crippen LogP contribution < -0.4 is 9.47 Å². The average Bonchev–Trinajstić information content (AvgIpc) is 3.70. The molecular formula is C23H28O7. The lowest BCUT2D eigenvalue weighted by Crippen LogP contribution is -2.27. The molecule has 7 heteroatoms. The lowest BCUT2D eigenvalue weighted by atomic mass is 10.1. The highest BCUT2D eigenvalue weighted by Gasteiger charge is 2.55. The van der Waals surface area contributed by atoms with Gasteiger partial charge in [0.15, 0.2) is 0 Å². The summed E-state index contributed by atoms with van der Waals surface area (Å²) in [5.74, 6) is 1.64. The maximum absolute atomic E-state index is 10.4. The van der Waals surface area contributed by atoms with E-state index in [0.717, 1.165) is 22.6 Å². The van der Waals surface area contributed by atoms with E-state index in [2.05, 4.69) is 0 Å². The van der Waals surface area contributed by atoms with Gasteiger partial charge in [-0.3, -0.25) is 0 Å². The summed E-state index contributed by atoms with van der Waals surface area (Å²) in [4.78, 5) is 0. The van der Waals surface area contributed by atoms with Crippen LogP contribution in [0.5, 0.6) is 11.5 Å². The molecule has 0 aliphatic carbocycles. The van der Waals surface area contributed by atoms with E-state index in [4.69, 9.17) is 28.4 Å². The van der Waals surface area contributed by atoms with Crippen LogP contribution in [-0.4, -0.2) is 63.1 Å². The Bertz CT molecular complexity index is 725. The zero-order valence-electron chi connectivity index (χ0n) is 17.2. The first kappa shape index (κ1) is 21.1. The van der Waals surface area contributed by atoms with Crippen LogP contribution in [0.4, 0.5) is 0 Å². The predicted octanol–water partition coefficient (Wildman–Crippen LogP) is 2.33. The molecule has 4 atom stereocenters. The molecule has 2 fully saturated rings. The lowest BCUT2D eigenvalue weighted by molar-refractivity contribution is 0.102. The van der Waals surface area contributed by atoms with Crippen molar-refractivity contribution in [2.75, 3.05) is 27.4 Å². The Kier molecular flexibility index (Phi) is 6.86. The molecule has 0 spiro atoms. The number of epoxide rings is 2. The average molecular weight is 416 g/mol. The highest BCUT2D eigenvalue weighted by molar-refractivity contribution is 5.27. The summed E-state index contributed by atoms with van der Waals surface area (Å²) in [5.41, 5.74) is 2.13. The van der Waals surface area contributed by atoms with Gasteiger partial charge in [-0.15, -0.1) is 0 Å². The van der Waals surface area contributed by atoms with Crippen LogP contribution in [0, 0.1) is 0 Å². The maximum atomic E-state index is 10.4. The van der Waals surface area contributed by atoms with Crippen molar-refractivity contribution in [1.82, 2.24) is 0 Å². The third kappa shape index (κ3) is 5.50. The van der Waals surface area contributed by atoms with Crippen LogP contribution in [-0.2, 0) is 32.2 Å². The van der Waals surface area contributed by atoms with Gasteiger partial charge in [-0.1, -0.05) is 24.3 Å². The number of hydrogen-bond acceptors (Lipinski definition) is 7. The van der Waals surface area contributed by atoms with Crippen LogP contribution in [0.3, 0.4) is 0 Å². The number of methoxy groups -OCH3 is 2. The van der Waals surface area contributed by atoms with Crippen molar-refractivity contribution in [3.63, 3.8) is 0 Å². The van der Waals surface area contributed by atoms with Crippen molar-refractivity contribution in [2.24, 2.45) is 0 Å². The summed E-state index contributed by atoms with van der Waals surface area (Å²) in [7, 11) is 3.28. The molecule has 0 amide bonds. The summed E-state index contributed by atoms with van der Waals surface area (Å²) in [5, 5.41) is 10.4. The van der Waals surface area contributed by atoms with Gasteiger partial charge in [-0.05, 0) is 35.4 Å². The fourth-order valence-corrected chi connectivity index (χ4v) is 3.40. The van der Waals surface area contributed by atoms with E-state index in [1.165, 1.54) is 0 Å². The Balaban J connectivity index is 1.10. The van der Waals surface area contributed by atoms with E-state index in [-0.39, 0.29) is 24.4 Å². The van der Waals surface area contributed by atoms with Crippen LogP contribution >= 0.6 is 0 Å². The van der Waals surface area contributed by atoms with Gasteiger partial charge in [0, 0.05) is 0 Å². The van der Waals surface area contributed by atoms with Gasteiger partial charge in [-0.2, -0.15) is 0 Å². The lowest BCUT2D eigenvalue weighted by Gasteiger charge is -2.06. The fraction of sp³-hybridized carbons (Fsp3) is 0.478. The summed E-state index contributed by atoms with van der Waals surface area (Å²) in [6, 6.07) is 15.5. The van der Waals surface area contributed by atoms with Gasteiger partial charge in [0.25, 0.3) is 0 Å². The largest absolute Gasteiger partial charge is 0.497 e. The molecule has 2 aromatic carbocycles. The number of benzene rings is 2. The Morgan fingerprint density at radius 2 is 1.13 bits per heavy atom. The molecule has 30 heavy (non-hydrogen) atoms.